The SMILES string of the molecule is Cc1cccc(C(=O)NCCCCCCl)c1O. The number of para-hydroxylation sites is 1. The minimum atomic E-state index is -0.225. The molecule has 0 saturated heterocycles. The van der Waals surface area contributed by atoms with E-state index in [4.69, 9.17) is 11.6 Å². The summed E-state index contributed by atoms with van der Waals surface area (Å²) in [6.45, 7) is 2.38. The topological polar surface area (TPSA) is 49.3 Å². The number of unbranched alkanes of at least 4 members (excludes halogenated alkanes) is 2. The number of hydrogen-bond donors (Lipinski definition) is 2. The van der Waals surface area contributed by atoms with Gasteiger partial charge in [-0.1, -0.05) is 18.6 Å². The van der Waals surface area contributed by atoms with Crippen LogP contribution < -0.4 is 5.32 Å². The van der Waals surface area contributed by atoms with Gasteiger partial charge in [-0.15, -0.1) is 11.6 Å². The Kier molecular flexibility index (Phi) is 5.84. The molecule has 1 aromatic carbocycles. The van der Waals surface area contributed by atoms with Gasteiger partial charge in [0.05, 0.1) is 5.56 Å². The first-order valence-electron chi connectivity index (χ1n) is 5.79. The molecule has 0 saturated carbocycles. The number of amides is 1. The maximum Gasteiger partial charge on any atom is 0.255 e. The third-order valence-corrected chi connectivity index (χ3v) is 2.85. The lowest BCUT2D eigenvalue weighted by Crippen LogP contribution is -2.24. The average Bonchev–Trinajstić information content (AvgIpc) is 2.32. The van der Waals surface area contributed by atoms with Gasteiger partial charge in [0.2, 0.25) is 0 Å². The zero-order valence-electron chi connectivity index (χ0n) is 10.0. The minimum Gasteiger partial charge on any atom is -0.507 e. The Balaban J connectivity index is 2.44. The van der Waals surface area contributed by atoms with Crippen molar-refractivity contribution in [3.05, 3.63) is 29.3 Å². The van der Waals surface area contributed by atoms with Crippen molar-refractivity contribution in [2.24, 2.45) is 0 Å². The Morgan fingerprint density at radius 2 is 2.12 bits per heavy atom. The first-order valence-corrected chi connectivity index (χ1v) is 6.33. The molecular weight excluding hydrogens is 238 g/mol. The molecule has 0 atom stereocenters. The molecule has 0 aliphatic rings. The predicted molar refractivity (Wildman–Crippen MR) is 69.7 cm³/mol. The first kappa shape index (κ1) is 13.8. The highest BCUT2D eigenvalue weighted by Crippen LogP contribution is 2.20. The molecule has 0 bridgehead atoms. The largest absolute Gasteiger partial charge is 0.507 e. The Morgan fingerprint density at radius 3 is 2.82 bits per heavy atom. The fourth-order valence-corrected chi connectivity index (χ4v) is 1.72. The maximum atomic E-state index is 11.8. The van der Waals surface area contributed by atoms with Crippen LogP contribution in [0.2, 0.25) is 0 Å². The standard InChI is InChI=1S/C13H18ClNO2/c1-10-6-5-7-11(12(10)16)13(17)15-9-4-2-3-8-14/h5-7,16H,2-4,8-9H2,1H3,(H,15,17). The highest BCUT2D eigenvalue weighted by atomic mass is 35.5. The number of phenols is 1. The molecule has 1 aromatic rings. The molecule has 17 heavy (non-hydrogen) atoms. The number of halogens is 1. The molecule has 0 fully saturated rings. The van der Waals surface area contributed by atoms with Crippen LogP contribution in [0.4, 0.5) is 0 Å². The van der Waals surface area contributed by atoms with E-state index in [2.05, 4.69) is 5.32 Å². The summed E-state index contributed by atoms with van der Waals surface area (Å²) in [6.07, 6.45) is 2.88. The van der Waals surface area contributed by atoms with E-state index in [9.17, 15) is 9.90 Å². The molecule has 94 valence electrons. The molecule has 0 radical (unpaired) electrons. The number of aromatic hydroxyl groups is 1. The number of alkyl halides is 1. The van der Waals surface area contributed by atoms with E-state index in [0.717, 1.165) is 19.3 Å². The second kappa shape index (κ2) is 7.17. The van der Waals surface area contributed by atoms with Crippen LogP contribution in [0.5, 0.6) is 5.75 Å². The second-order valence-electron chi connectivity index (χ2n) is 3.98. The molecular formula is C13H18ClNO2. The summed E-state index contributed by atoms with van der Waals surface area (Å²) in [5, 5.41) is 12.5. The Bertz CT molecular complexity index is 380. The number of nitrogens with one attached hydrogen (secondary N) is 1. The first-order chi connectivity index (χ1) is 8.16. The van der Waals surface area contributed by atoms with Gasteiger partial charge in [-0.05, 0) is 31.4 Å². The Morgan fingerprint density at radius 1 is 1.35 bits per heavy atom. The van der Waals surface area contributed by atoms with Gasteiger partial charge in [0.15, 0.2) is 0 Å². The van der Waals surface area contributed by atoms with Crippen LogP contribution in [0.1, 0.15) is 35.2 Å². The monoisotopic (exact) mass is 255 g/mol. The summed E-state index contributed by atoms with van der Waals surface area (Å²) in [4.78, 5) is 11.8. The van der Waals surface area contributed by atoms with Crippen molar-refractivity contribution in [3.8, 4) is 5.75 Å². The maximum absolute atomic E-state index is 11.8. The second-order valence-corrected chi connectivity index (χ2v) is 4.35. The van der Waals surface area contributed by atoms with E-state index < -0.39 is 0 Å². The minimum absolute atomic E-state index is 0.0609. The van der Waals surface area contributed by atoms with Gasteiger partial charge in [0.1, 0.15) is 5.75 Å². The number of rotatable bonds is 6. The number of carbonyl (C=O) groups excluding carboxylic acids is 1. The van der Waals surface area contributed by atoms with Gasteiger partial charge in [-0.25, -0.2) is 0 Å². The summed E-state index contributed by atoms with van der Waals surface area (Å²) in [5.41, 5.74) is 1.04. The lowest BCUT2D eigenvalue weighted by atomic mass is 10.1. The fraction of sp³-hybridized carbons (Fsp3) is 0.462. The molecule has 0 heterocycles. The highest BCUT2D eigenvalue weighted by Gasteiger charge is 2.11. The third kappa shape index (κ3) is 4.27. The highest BCUT2D eigenvalue weighted by molar-refractivity contribution is 6.17. The average molecular weight is 256 g/mol. The number of aryl methyl sites for hydroxylation is 1. The lowest BCUT2D eigenvalue weighted by molar-refractivity contribution is 0.0950. The Hall–Kier alpha value is -1.22. The summed E-state index contributed by atoms with van der Waals surface area (Å²) >= 11 is 5.56. The zero-order chi connectivity index (χ0) is 12.7. The van der Waals surface area contributed by atoms with Crippen molar-refractivity contribution in [2.75, 3.05) is 12.4 Å². The van der Waals surface area contributed by atoms with Gasteiger partial charge < -0.3 is 10.4 Å². The van der Waals surface area contributed by atoms with Crippen LogP contribution in [0, 0.1) is 6.92 Å². The van der Waals surface area contributed by atoms with Crippen molar-refractivity contribution in [2.45, 2.75) is 26.2 Å². The predicted octanol–water partition coefficient (Wildman–Crippen LogP) is 2.84. The fourth-order valence-electron chi connectivity index (χ4n) is 1.54. The smallest absolute Gasteiger partial charge is 0.255 e. The zero-order valence-corrected chi connectivity index (χ0v) is 10.8. The molecule has 0 aromatic heterocycles. The number of benzene rings is 1. The van der Waals surface area contributed by atoms with E-state index in [1.807, 2.05) is 0 Å². The van der Waals surface area contributed by atoms with E-state index >= 15 is 0 Å². The molecule has 0 spiro atoms. The molecule has 0 unspecified atom stereocenters. The molecule has 3 nitrogen and oxygen atoms in total. The van der Waals surface area contributed by atoms with Crippen molar-refractivity contribution in [1.29, 1.82) is 0 Å². The van der Waals surface area contributed by atoms with Crippen molar-refractivity contribution in [1.82, 2.24) is 5.32 Å². The molecule has 4 heteroatoms. The molecule has 0 aliphatic carbocycles. The van der Waals surface area contributed by atoms with Crippen LogP contribution in [-0.4, -0.2) is 23.4 Å². The third-order valence-electron chi connectivity index (χ3n) is 2.58. The lowest BCUT2D eigenvalue weighted by Gasteiger charge is -2.08. The van der Waals surface area contributed by atoms with Gasteiger partial charge in [-0.3, -0.25) is 4.79 Å². The quantitative estimate of drug-likeness (QED) is 0.607. The van der Waals surface area contributed by atoms with Crippen LogP contribution in [0.15, 0.2) is 18.2 Å². The summed E-state index contributed by atoms with van der Waals surface area (Å²) in [6, 6.07) is 5.15. The van der Waals surface area contributed by atoms with Crippen molar-refractivity contribution in [3.63, 3.8) is 0 Å². The van der Waals surface area contributed by atoms with E-state index in [1.54, 1.807) is 25.1 Å². The molecule has 2 N–H and O–H groups in total. The number of hydrogen-bond acceptors (Lipinski definition) is 2. The van der Waals surface area contributed by atoms with E-state index in [1.165, 1.54) is 0 Å². The van der Waals surface area contributed by atoms with Gasteiger partial charge >= 0.3 is 0 Å². The number of carbonyl (C=O) groups is 1. The molecule has 1 rings (SSSR count). The number of phenolic OH excluding ortho intramolecular Hbond substituents is 1. The summed E-state index contributed by atoms with van der Waals surface area (Å²) in [5.74, 6) is 0.495. The Labute approximate surface area is 107 Å². The van der Waals surface area contributed by atoms with Gasteiger partial charge in [-0.2, -0.15) is 0 Å². The van der Waals surface area contributed by atoms with E-state index in [0.29, 0.717) is 23.6 Å². The summed E-state index contributed by atoms with van der Waals surface area (Å²) in [7, 11) is 0. The van der Waals surface area contributed by atoms with Crippen molar-refractivity contribution >= 4 is 17.5 Å². The van der Waals surface area contributed by atoms with Gasteiger partial charge in [0, 0.05) is 12.4 Å². The van der Waals surface area contributed by atoms with Crippen LogP contribution in [0.3, 0.4) is 0 Å². The molecule has 0 aliphatic heterocycles. The van der Waals surface area contributed by atoms with Crippen molar-refractivity contribution < 1.29 is 9.90 Å². The van der Waals surface area contributed by atoms with Crippen LogP contribution in [-0.2, 0) is 0 Å². The normalized spacial score (nSPS) is 10.2. The molecule has 1 amide bonds. The van der Waals surface area contributed by atoms with Gasteiger partial charge in [0.25, 0.3) is 5.91 Å². The van der Waals surface area contributed by atoms with Crippen LogP contribution in [0.25, 0.3) is 0 Å². The van der Waals surface area contributed by atoms with E-state index in [-0.39, 0.29) is 11.7 Å². The van der Waals surface area contributed by atoms with Crippen LogP contribution >= 0.6 is 11.6 Å². The summed E-state index contributed by atoms with van der Waals surface area (Å²) < 4.78 is 0.